The summed E-state index contributed by atoms with van der Waals surface area (Å²) in [4.78, 5) is 0. The van der Waals surface area contributed by atoms with E-state index in [1.807, 2.05) is 0 Å². The minimum Gasteiger partial charge on any atom is -0.418 e. The SMILES string of the molecule is CCO[Si](C)(C)CCCN(C)[Si](C)(C)C. The number of hydrogen-bond acceptors (Lipinski definition) is 2. The Kier molecular flexibility index (Phi) is 6.32. The summed E-state index contributed by atoms with van der Waals surface area (Å²) in [7, 11) is -0.143. The highest BCUT2D eigenvalue weighted by molar-refractivity contribution is 6.73. The van der Waals surface area contributed by atoms with Crippen LogP contribution in [0.15, 0.2) is 0 Å². The molecule has 0 aliphatic heterocycles. The van der Waals surface area contributed by atoms with Gasteiger partial charge < -0.3 is 8.99 Å². The standard InChI is InChI=1S/C11H29NOSi2/c1-8-13-15(6,7)11-9-10-12(2)14(3,4)5/h8-11H2,1-7H3. The molecule has 0 unspecified atom stereocenters. The smallest absolute Gasteiger partial charge is 0.186 e. The van der Waals surface area contributed by atoms with Gasteiger partial charge >= 0.3 is 0 Å². The number of rotatable bonds is 7. The molecule has 0 bridgehead atoms. The van der Waals surface area contributed by atoms with E-state index in [2.05, 4.69) is 51.3 Å². The number of nitrogens with zero attached hydrogens (tertiary/aromatic N) is 1. The van der Waals surface area contributed by atoms with Crippen LogP contribution in [0, 0.1) is 0 Å². The van der Waals surface area contributed by atoms with Crippen molar-refractivity contribution in [3.8, 4) is 0 Å². The van der Waals surface area contributed by atoms with Gasteiger partial charge in [-0.25, -0.2) is 0 Å². The molecule has 0 N–H and O–H groups in total. The summed E-state index contributed by atoms with van der Waals surface area (Å²) in [6, 6.07) is 1.29. The van der Waals surface area contributed by atoms with Crippen LogP contribution in [0.3, 0.4) is 0 Å². The van der Waals surface area contributed by atoms with Crippen molar-refractivity contribution < 1.29 is 4.43 Å². The molecule has 0 fully saturated rings. The fourth-order valence-corrected chi connectivity index (χ4v) is 4.30. The van der Waals surface area contributed by atoms with Gasteiger partial charge in [-0.1, -0.05) is 19.6 Å². The zero-order chi connectivity index (χ0) is 12.1. The van der Waals surface area contributed by atoms with Gasteiger partial charge in [-0.3, -0.25) is 0 Å². The lowest BCUT2D eigenvalue weighted by atomic mass is 10.5. The van der Waals surface area contributed by atoms with Crippen molar-refractivity contribution in [3.05, 3.63) is 0 Å². The molecule has 0 saturated carbocycles. The zero-order valence-corrected chi connectivity index (χ0v) is 13.7. The van der Waals surface area contributed by atoms with Crippen LogP contribution >= 0.6 is 0 Å². The average Bonchev–Trinajstić information content (AvgIpc) is 2.01. The Labute approximate surface area is 98.2 Å². The lowest BCUT2D eigenvalue weighted by Crippen LogP contribution is -2.44. The van der Waals surface area contributed by atoms with E-state index >= 15 is 0 Å². The summed E-state index contributed by atoms with van der Waals surface area (Å²) >= 11 is 0. The van der Waals surface area contributed by atoms with Gasteiger partial charge in [-0.2, -0.15) is 0 Å². The van der Waals surface area contributed by atoms with Gasteiger partial charge in [0.25, 0.3) is 0 Å². The van der Waals surface area contributed by atoms with Gasteiger partial charge in [0.15, 0.2) is 8.32 Å². The Hall–Kier alpha value is 0.354. The monoisotopic (exact) mass is 247 g/mol. The van der Waals surface area contributed by atoms with E-state index in [0.717, 1.165) is 6.61 Å². The van der Waals surface area contributed by atoms with Crippen LogP contribution in [0.2, 0.25) is 38.8 Å². The van der Waals surface area contributed by atoms with E-state index in [4.69, 9.17) is 4.43 Å². The van der Waals surface area contributed by atoms with E-state index in [1.54, 1.807) is 0 Å². The van der Waals surface area contributed by atoms with Crippen LogP contribution in [-0.4, -0.2) is 41.3 Å². The molecular formula is C11H29NOSi2. The van der Waals surface area contributed by atoms with Crippen LogP contribution < -0.4 is 0 Å². The van der Waals surface area contributed by atoms with E-state index in [9.17, 15) is 0 Å². The van der Waals surface area contributed by atoms with Gasteiger partial charge in [-0.15, -0.1) is 0 Å². The molecule has 0 atom stereocenters. The van der Waals surface area contributed by atoms with Crippen LogP contribution in [0.5, 0.6) is 0 Å². The summed E-state index contributed by atoms with van der Waals surface area (Å²) in [5, 5.41) is 0. The first-order valence-electron chi connectivity index (χ1n) is 6.04. The first kappa shape index (κ1) is 15.4. The summed E-state index contributed by atoms with van der Waals surface area (Å²) in [5.74, 6) is 0. The van der Waals surface area contributed by atoms with E-state index in [1.165, 1.54) is 19.0 Å². The molecule has 0 aromatic rings. The van der Waals surface area contributed by atoms with Gasteiger partial charge in [0.2, 0.25) is 0 Å². The van der Waals surface area contributed by atoms with Gasteiger partial charge in [-0.05, 0) is 46.1 Å². The Morgan fingerprint density at radius 1 is 1.07 bits per heavy atom. The molecule has 15 heavy (non-hydrogen) atoms. The molecule has 2 nitrogen and oxygen atoms in total. The lowest BCUT2D eigenvalue weighted by Gasteiger charge is -2.31. The summed E-state index contributed by atoms with van der Waals surface area (Å²) in [6.07, 6.45) is 1.29. The highest BCUT2D eigenvalue weighted by Crippen LogP contribution is 2.15. The van der Waals surface area contributed by atoms with Crippen molar-refractivity contribution in [2.24, 2.45) is 0 Å². The third-order valence-electron chi connectivity index (χ3n) is 2.95. The second-order valence-electron chi connectivity index (χ2n) is 5.89. The van der Waals surface area contributed by atoms with Gasteiger partial charge in [0, 0.05) is 6.61 Å². The quantitative estimate of drug-likeness (QED) is 0.640. The largest absolute Gasteiger partial charge is 0.418 e. The van der Waals surface area contributed by atoms with Crippen LogP contribution in [0.4, 0.5) is 0 Å². The Morgan fingerprint density at radius 3 is 2.00 bits per heavy atom. The highest BCUT2D eigenvalue weighted by Gasteiger charge is 2.23. The van der Waals surface area contributed by atoms with Gasteiger partial charge in [0.05, 0.1) is 0 Å². The fraction of sp³-hybridized carbons (Fsp3) is 1.00. The second-order valence-corrected chi connectivity index (χ2v) is 15.3. The molecule has 4 heteroatoms. The molecule has 0 heterocycles. The molecule has 92 valence electrons. The molecule has 0 radical (unpaired) electrons. The van der Waals surface area contributed by atoms with Crippen molar-refractivity contribution >= 4 is 16.6 Å². The van der Waals surface area contributed by atoms with Crippen molar-refractivity contribution in [1.29, 1.82) is 0 Å². The topological polar surface area (TPSA) is 12.5 Å². The highest BCUT2D eigenvalue weighted by atomic mass is 28.4. The van der Waals surface area contributed by atoms with Gasteiger partial charge in [0.1, 0.15) is 8.24 Å². The van der Waals surface area contributed by atoms with Crippen LogP contribution in [0.25, 0.3) is 0 Å². The van der Waals surface area contributed by atoms with Crippen molar-refractivity contribution in [3.63, 3.8) is 0 Å². The summed E-state index contributed by atoms with van der Waals surface area (Å²) in [6.45, 7) is 16.1. The van der Waals surface area contributed by atoms with E-state index < -0.39 is 16.6 Å². The molecule has 0 saturated heterocycles. The van der Waals surface area contributed by atoms with Crippen LogP contribution in [0.1, 0.15) is 13.3 Å². The molecule has 0 rings (SSSR count). The minimum absolute atomic E-state index is 0.878. The Morgan fingerprint density at radius 2 is 1.60 bits per heavy atom. The summed E-state index contributed by atoms with van der Waals surface area (Å²) in [5.41, 5.74) is 0. The summed E-state index contributed by atoms with van der Waals surface area (Å²) < 4.78 is 8.39. The minimum atomic E-state index is -1.34. The fourth-order valence-electron chi connectivity index (χ4n) is 1.54. The maximum absolute atomic E-state index is 5.83. The van der Waals surface area contributed by atoms with Crippen molar-refractivity contribution in [2.75, 3.05) is 20.2 Å². The Bertz CT molecular complexity index is 178. The lowest BCUT2D eigenvalue weighted by molar-refractivity contribution is 0.326. The zero-order valence-electron chi connectivity index (χ0n) is 11.7. The predicted octanol–water partition coefficient (Wildman–Crippen LogP) is 3.38. The van der Waals surface area contributed by atoms with Crippen LogP contribution in [-0.2, 0) is 4.43 Å². The normalized spacial score (nSPS) is 13.6. The maximum Gasteiger partial charge on any atom is 0.186 e. The molecule has 0 amide bonds. The third kappa shape index (κ3) is 7.27. The molecular weight excluding hydrogens is 218 g/mol. The first-order chi connectivity index (χ1) is 6.69. The van der Waals surface area contributed by atoms with E-state index in [0.29, 0.717) is 0 Å². The number of hydrogen-bond donors (Lipinski definition) is 0. The molecule has 0 aromatic heterocycles. The van der Waals surface area contributed by atoms with Crippen molar-refractivity contribution in [2.45, 2.75) is 52.1 Å². The predicted molar refractivity (Wildman–Crippen MR) is 74.5 cm³/mol. The third-order valence-corrected chi connectivity index (χ3v) is 8.09. The second kappa shape index (κ2) is 6.18. The molecule has 0 aromatic carbocycles. The maximum atomic E-state index is 5.83. The Balaban J connectivity index is 3.79. The molecule has 0 spiro atoms. The molecule has 0 aliphatic carbocycles. The average molecular weight is 248 g/mol. The first-order valence-corrected chi connectivity index (χ1v) is 12.6. The van der Waals surface area contributed by atoms with Crippen molar-refractivity contribution in [1.82, 2.24) is 4.57 Å². The van der Waals surface area contributed by atoms with E-state index in [-0.39, 0.29) is 0 Å². The molecule has 0 aliphatic rings.